The third-order valence-electron chi connectivity index (χ3n) is 8.59. The first-order chi connectivity index (χ1) is 21.7. The van der Waals surface area contributed by atoms with Gasteiger partial charge in [-0.3, -0.25) is 9.69 Å². The SMILES string of the molecule is CCCN1CCN(c2cc(Cl)c(C(=O)N3COc4c(cccc4-c4cc(N5CCOCC5)c(C(=O)O)cc4F)C3)c(Cl)c2)CC1. The van der Waals surface area contributed by atoms with Crippen LogP contribution in [0.5, 0.6) is 5.75 Å². The molecule has 1 amide bonds. The lowest BCUT2D eigenvalue weighted by atomic mass is 9.97. The molecule has 45 heavy (non-hydrogen) atoms. The molecule has 3 heterocycles. The van der Waals surface area contributed by atoms with Gasteiger partial charge in [-0.05, 0) is 37.2 Å². The van der Waals surface area contributed by atoms with Gasteiger partial charge in [-0.15, -0.1) is 0 Å². The summed E-state index contributed by atoms with van der Waals surface area (Å²) in [4.78, 5) is 33.7. The van der Waals surface area contributed by atoms with Crippen LogP contribution in [0.2, 0.25) is 10.0 Å². The summed E-state index contributed by atoms with van der Waals surface area (Å²) in [7, 11) is 0. The summed E-state index contributed by atoms with van der Waals surface area (Å²) in [6.45, 7) is 8.86. The van der Waals surface area contributed by atoms with E-state index in [4.69, 9.17) is 32.7 Å². The molecular formula is C33H35Cl2FN4O5. The van der Waals surface area contributed by atoms with Crippen LogP contribution in [-0.2, 0) is 11.3 Å². The zero-order valence-corrected chi connectivity index (χ0v) is 26.5. The second-order valence-electron chi connectivity index (χ2n) is 11.4. The zero-order valence-electron chi connectivity index (χ0n) is 25.0. The first-order valence-corrected chi connectivity index (χ1v) is 15.9. The van der Waals surface area contributed by atoms with Gasteiger partial charge in [0.05, 0.1) is 46.6 Å². The number of carboxylic acid groups (broad SMARTS) is 1. The van der Waals surface area contributed by atoms with Gasteiger partial charge >= 0.3 is 5.97 Å². The Labute approximate surface area is 271 Å². The van der Waals surface area contributed by atoms with E-state index in [0.29, 0.717) is 48.9 Å². The van der Waals surface area contributed by atoms with Gasteiger partial charge in [0.25, 0.3) is 5.91 Å². The number of nitrogens with zero attached hydrogens (tertiary/aromatic N) is 4. The Morgan fingerprint density at radius 2 is 1.64 bits per heavy atom. The van der Waals surface area contributed by atoms with Gasteiger partial charge in [0.15, 0.2) is 6.73 Å². The van der Waals surface area contributed by atoms with Crippen molar-refractivity contribution in [1.82, 2.24) is 9.80 Å². The number of piperazine rings is 1. The molecule has 1 N–H and O–H groups in total. The van der Waals surface area contributed by atoms with Gasteiger partial charge in [-0.1, -0.05) is 48.3 Å². The number of hydrogen-bond acceptors (Lipinski definition) is 7. The maximum atomic E-state index is 15.5. The molecule has 3 aromatic rings. The maximum Gasteiger partial charge on any atom is 0.337 e. The Morgan fingerprint density at radius 3 is 2.31 bits per heavy atom. The molecule has 2 saturated heterocycles. The van der Waals surface area contributed by atoms with Crippen LogP contribution >= 0.6 is 23.2 Å². The van der Waals surface area contributed by atoms with E-state index in [2.05, 4.69) is 16.7 Å². The fourth-order valence-corrected chi connectivity index (χ4v) is 6.91. The highest BCUT2D eigenvalue weighted by atomic mass is 35.5. The molecule has 3 aliphatic heterocycles. The van der Waals surface area contributed by atoms with Crippen molar-refractivity contribution < 1.29 is 28.6 Å². The number of halogens is 3. The number of carbonyl (C=O) groups is 2. The van der Waals surface area contributed by atoms with Crippen LogP contribution in [0.3, 0.4) is 0 Å². The average molecular weight is 658 g/mol. The van der Waals surface area contributed by atoms with Crippen molar-refractivity contribution >= 4 is 46.5 Å². The van der Waals surface area contributed by atoms with Crippen LogP contribution in [0.4, 0.5) is 15.8 Å². The highest BCUT2D eigenvalue weighted by Gasteiger charge is 2.30. The fourth-order valence-electron chi connectivity index (χ4n) is 6.27. The summed E-state index contributed by atoms with van der Waals surface area (Å²) in [6, 6.07) is 11.5. The minimum absolute atomic E-state index is 0.0954. The molecule has 6 rings (SSSR count). The summed E-state index contributed by atoms with van der Waals surface area (Å²) in [6.07, 6.45) is 1.12. The van der Waals surface area contributed by atoms with E-state index < -0.39 is 11.8 Å². The van der Waals surface area contributed by atoms with Crippen LogP contribution in [0.25, 0.3) is 11.1 Å². The van der Waals surface area contributed by atoms with E-state index in [1.165, 1.54) is 4.90 Å². The number of benzene rings is 3. The van der Waals surface area contributed by atoms with Crippen molar-refractivity contribution in [3.05, 3.63) is 75.0 Å². The Hall–Kier alpha value is -3.57. The smallest absolute Gasteiger partial charge is 0.337 e. The Morgan fingerprint density at radius 1 is 0.933 bits per heavy atom. The van der Waals surface area contributed by atoms with Gasteiger partial charge in [-0.25, -0.2) is 9.18 Å². The van der Waals surface area contributed by atoms with E-state index in [1.807, 2.05) is 11.0 Å². The molecule has 0 atom stereocenters. The molecule has 0 spiro atoms. The van der Waals surface area contributed by atoms with Gasteiger partial charge in [0.1, 0.15) is 11.6 Å². The van der Waals surface area contributed by atoms with Crippen molar-refractivity contribution in [2.45, 2.75) is 19.9 Å². The van der Waals surface area contributed by atoms with Gasteiger partial charge in [-0.2, -0.15) is 0 Å². The normalized spacial score (nSPS) is 17.2. The second-order valence-corrected chi connectivity index (χ2v) is 12.3. The van der Waals surface area contributed by atoms with Crippen molar-refractivity contribution in [3.8, 4) is 16.9 Å². The van der Waals surface area contributed by atoms with E-state index in [0.717, 1.165) is 50.9 Å². The number of amides is 1. The van der Waals surface area contributed by atoms with Crippen molar-refractivity contribution in [1.29, 1.82) is 0 Å². The zero-order chi connectivity index (χ0) is 31.7. The van der Waals surface area contributed by atoms with Crippen LogP contribution < -0.4 is 14.5 Å². The Bertz CT molecular complexity index is 1590. The van der Waals surface area contributed by atoms with Crippen LogP contribution in [0.15, 0.2) is 42.5 Å². The molecule has 0 unspecified atom stereocenters. The van der Waals surface area contributed by atoms with E-state index in [-0.39, 0.29) is 45.9 Å². The standard InChI is InChI=1S/C33H35Cl2FN4O5/c1-2-6-37-7-9-38(10-8-37)22-15-26(34)30(27(35)16-22)32(41)40-19-21-4-3-5-23(31(21)45-20-40)24-18-29(39-11-13-44-14-12-39)25(33(42)43)17-28(24)36/h3-5,15-18H,2,6-14,19-20H2,1H3,(H,42,43). The van der Waals surface area contributed by atoms with Crippen LogP contribution in [-0.4, -0.2) is 92.5 Å². The summed E-state index contributed by atoms with van der Waals surface area (Å²) in [5.41, 5.74) is 2.77. The fraction of sp³-hybridized carbons (Fsp3) is 0.394. The number of carboxylic acids is 1. The van der Waals surface area contributed by atoms with Crippen molar-refractivity contribution in [3.63, 3.8) is 0 Å². The van der Waals surface area contributed by atoms with Crippen LogP contribution in [0, 0.1) is 5.82 Å². The van der Waals surface area contributed by atoms with E-state index >= 15 is 4.39 Å². The van der Waals surface area contributed by atoms with Gasteiger partial charge in [0.2, 0.25) is 0 Å². The molecule has 0 aromatic heterocycles. The number of rotatable bonds is 7. The maximum absolute atomic E-state index is 15.5. The predicted molar refractivity (Wildman–Crippen MR) is 173 cm³/mol. The number of carbonyl (C=O) groups excluding carboxylic acids is 1. The highest BCUT2D eigenvalue weighted by Crippen LogP contribution is 2.41. The molecule has 0 bridgehead atoms. The highest BCUT2D eigenvalue weighted by molar-refractivity contribution is 6.40. The monoisotopic (exact) mass is 656 g/mol. The first-order valence-electron chi connectivity index (χ1n) is 15.1. The minimum atomic E-state index is -1.21. The first kappa shape index (κ1) is 31.4. The molecule has 9 nitrogen and oxygen atoms in total. The van der Waals surface area contributed by atoms with Crippen LogP contribution in [0.1, 0.15) is 39.6 Å². The molecule has 2 fully saturated rings. The third-order valence-corrected chi connectivity index (χ3v) is 9.18. The molecule has 0 radical (unpaired) electrons. The molecule has 3 aliphatic rings. The molecule has 3 aromatic carbocycles. The average Bonchev–Trinajstić information content (AvgIpc) is 3.04. The van der Waals surface area contributed by atoms with E-state index in [9.17, 15) is 14.7 Å². The summed E-state index contributed by atoms with van der Waals surface area (Å²) >= 11 is 13.4. The van der Waals surface area contributed by atoms with Gasteiger partial charge < -0.3 is 29.3 Å². The number of fused-ring (bicyclic) bond motifs is 1. The lowest BCUT2D eigenvalue weighted by Gasteiger charge is -2.36. The molecule has 238 valence electrons. The Kier molecular flexibility index (Phi) is 9.37. The quantitative estimate of drug-likeness (QED) is 0.339. The summed E-state index contributed by atoms with van der Waals surface area (Å²) < 4.78 is 27.0. The summed E-state index contributed by atoms with van der Waals surface area (Å²) in [5, 5.41) is 10.3. The number of aromatic carboxylic acids is 1. The Balaban J connectivity index is 1.24. The van der Waals surface area contributed by atoms with Crippen molar-refractivity contribution in [2.75, 3.05) is 75.6 Å². The van der Waals surface area contributed by atoms with E-state index in [1.54, 1.807) is 30.3 Å². The molecular weight excluding hydrogens is 622 g/mol. The second kappa shape index (κ2) is 13.4. The third kappa shape index (κ3) is 6.42. The number of anilines is 2. The lowest BCUT2D eigenvalue weighted by Crippen LogP contribution is -2.46. The molecule has 12 heteroatoms. The largest absolute Gasteiger partial charge is 0.478 e. The number of morpholine rings is 1. The predicted octanol–water partition coefficient (Wildman–Crippen LogP) is 5.86. The summed E-state index contributed by atoms with van der Waals surface area (Å²) in [5.74, 6) is -1.81. The number of hydrogen-bond donors (Lipinski definition) is 1. The van der Waals surface area contributed by atoms with Crippen molar-refractivity contribution in [2.24, 2.45) is 0 Å². The molecule has 0 saturated carbocycles. The topological polar surface area (TPSA) is 85.8 Å². The van der Waals surface area contributed by atoms with Gasteiger partial charge in [0, 0.05) is 61.6 Å². The lowest BCUT2D eigenvalue weighted by molar-refractivity contribution is 0.0516. The number of ether oxygens (including phenoxy) is 2. The molecule has 0 aliphatic carbocycles. The minimum Gasteiger partial charge on any atom is -0.478 e. The number of para-hydroxylation sites is 1.